The van der Waals surface area contributed by atoms with Crippen LogP contribution in [0, 0.1) is 12.8 Å². The smallest absolute Gasteiger partial charge is 0.191 e. The number of hydrogen-bond acceptors (Lipinski definition) is 4. The van der Waals surface area contributed by atoms with Crippen LogP contribution in [0.15, 0.2) is 29.3 Å². The molecule has 1 aromatic rings. The second-order valence-electron chi connectivity index (χ2n) is 8.31. The van der Waals surface area contributed by atoms with E-state index in [1.165, 1.54) is 11.1 Å². The van der Waals surface area contributed by atoms with Gasteiger partial charge >= 0.3 is 0 Å². The molecule has 0 bridgehead atoms. The molecule has 6 nitrogen and oxygen atoms in total. The zero-order chi connectivity index (χ0) is 21.0. The molecule has 1 aromatic carbocycles. The Kier molecular flexibility index (Phi) is 12.8. The normalized spacial score (nSPS) is 23.9. The Balaban J connectivity index is 0.00000341. The van der Waals surface area contributed by atoms with Crippen LogP contribution in [0.5, 0.6) is 0 Å². The fourth-order valence-electron chi connectivity index (χ4n) is 4.08. The van der Waals surface area contributed by atoms with E-state index < -0.39 is 0 Å². The topological polar surface area (TPSA) is 64.1 Å². The van der Waals surface area contributed by atoms with Crippen molar-refractivity contribution in [2.75, 3.05) is 46.1 Å². The first kappa shape index (κ1) is 26.4. The number of nitrogens with zero attached hydrogens (tertiary/aromatic N) is 1. The minimum Gasteiger partial charge on any atom is -0.379 e. The van der Waals surface area contributed by atoms with Gasteiger partial charge in [0.2, 0.25) is 0 Å². The van der Waals surface area contributed by atoms with Gasteiger partial charge in [-0.05, 0) is 51.5 Å². The summed E-state index contributed by atoms with van der Waals surface area (Å²) in [5.74, 6) is 1.29. The van der Waals surface area contributed by atoms with Gasteiger partial charge in [-0.1, -0.05) is 29.8 Å². The van der Waals surface area contributed by atoms with Crippen LogP contribution in [-0.2, 0) is 14.2 Å². The molecule has 0 amide bonds. The second-order valence-corrected chi connectivity index (χ2v) is 8.31. The lowest BCUT2D eigenvalue weighted by molar-refractivity contribution is -0.0250. The molecule has 2 aliphatic rings. The molecule has 0 radical (unpaired) electrons. The summed E-state index contributed by atoms with van der Waals surface area (Å²) < 4.78 is 17.5. The molecule has 0 spiro atoms. The first-order valence-electron chi connectivity index (χ1n) is 11.7. The van der Waals surface area contributed by atoms with Crippen LogP contribution in [0.4, 0.5) is 0 Å². The SMILES string of the molecule is CCNC(=NCC1CCCOC1c1ccc(C)cc1)NCCCOCC1CCCO1.I. The van der Waals surface area contributed by atoms with Gasteiger partial charge in [-0.3, -0.25) is 4.99 Å². The predicted octanol–water partition coefficient (Wildman–Crippen LogP) is 4.22. The van der Waals surface area contributed by atoms with Gasteiger partial charge in [-0.15, -0.1) is 24.0 Å². The van der Waals surface area contributed by atoms with Gasteiger partial charge in [-0.25, -0.2) is 0 Å². The monoisotopic (exact) mass is 545 g/mol. The molecule has 3 atom stereocenters. The first-order chi connectivity index (χ1) is 14.8. The number of nitrogens with one attached hydrogen (secondary N) is 2. The van der Waals surface area contributed by atoms with E-state index in [4.69, 9.17) is 19.2 Å². The Bertz CT molecular complexity index is 635. The largest absolute Gasteiger partial charge is 0.379 e. The van der Waals surface area contributed by atoms with Gasteiger partial charge in [-0.2, -0.15) is 0 Å². The Morgan fingerprint density at radius 1 is 1.10 bits per heavy atom. The number of hydrogen-bond donors (Lipinski definition) is 2. The third-order valence-electron chi connectivity index (χ3n) is 5.76. The summed E-state index contributed by atoms with van der Waals surface area (Å²) in [6.07, 6.45) is 5.94. The zero-order valence-corrected chi connectivity index (χ0v) is 21.4. The highest BCUT2D eigenvalue weighted by atomic mass is 127. The van der Waals surface area contributed by atoms with Crippen molar-refractivity contribution in [3.8, 4) is 0 Å². The van der Waals surface area contributed by atoms with Gasteiger partial charge in [0.1, 0.15) is 0 Å². The summed E-state index contributed by atoms with van der Waals surface area (Å²) in [7, 11) is 0. The highest BCUT2D eigenvalue weighted by molar-refractivity contribution is 14.0. The average molecular weight is 546 g/mol. The maximum atomic E-state index is 6.14. The fourth-order valence-corrected chi connectivity index (χ4v) is 4.08. The molecule has 31 heavy (non-hydrogen) atoms. The summed E-state index contributed by atoms with van der Waals surface area (Å²) in [5, 5.41) is 6.79. The maximum Gasteiger partial charge on any atom is 0.191 e. The van der Waals surface area contributed by atoms with E-state index in [-0.39, 0.29) is 30.1 Å². The van der Waals surface area contributed by atoms with Crippen molar-refractivity contribution < 1.29 is 14.2 Å². The van der Waals surface area contributed by atoms with Crippen molar-refractivity contribution in [3.05, 3.63) is 35.4 Å². The van der Waals surface area contributed by atoms with Gasteiger partial charge in [0.15, 0.2) is 5.96 Å². The van der Waals surface area contributed by atoms with E-state index in [9.17, 15) is 0 Å². The predicted molar refractivity (Wildman–Crippen MR) is 136 cm³/mol. The number of halogens is 1. The van der Waals surface area contributed by atoms with Crippen LogP contribution in [0.3, 0.4) is 0 Å². The fraction of sp³-hybridized carbons (Fsp3) is 0.708. The number of aliphatic imine (C=N–C) groups is 1. The van der Waals surface area contributed by atoms with E-state index in [0.717, 1.165) is 84.1 Å². The van der Waals surface area contributed by atoms with E-state index in [1.807, 2.05) is 0 Å². The van der Waals surface area contributed by atoms with Crippen molar-refractivity contribution >= 4 is 29.9 Å². The van der Waals surface area contributed by atoms with Crippen molar-refractivity contribution in [2.24, 2.45) is 10.9 Å². The first-order valence-corrected chi connectivity index (χ1v) is 11.7. The number of aryl methyl sites for hydroxylation is 1. The van der Waals surface area contributed by atoms with Crippen molar-refractivity contribution in [1.82, 2.24) is 10.6 Å². The van der Waals surface area contributed by atoms with Crippen LogP contribution in [-0.4, -0.2) is 58.1 Å². The third-order valence-corrected chi connectivity index (χ3v) is 5.76. The zero-order valence-electron chi connectivity index (χ0n) is 19.1. The van der Waals surface area contributed by atoms with Crippen LogP contribution in [0.1, 0.15) is 56.3 Å². The molecule has 7 heteroatoms. The summed E-state index contributed by atoms with van der Waals surface area (Å²) >= 11 is 0. The molecule has 2 aliphatic heterocycles. The number of ether oxygens (including phenoxy) is 3. The minimum absolute atomic E-state index is 0. The molecule has 2 fully saturated rings. The minimum atomic E-state index is 0. The number of guanidine groups is 1. The average Bonchev–Trinajstić information content (AvgIpc) is 3.29. The van der Waals surface area contributed by atoms with Crippen molar-refractivity contribution in [3.63, 3.8) is 0 Å². The molecule has 3 rings (SSSR count). The quantitative estimate of drug-likeness (QED) is 0.200. The van der Waals surface area contributed by atoms with Crippen LogP contribution < -0.4 is 10.6 Å². The highest BCUT2D eigenvalue weighted by Crippen LogP contribution is 2.33. The van der Waals surface area contributed by atoms with Gasteiger partial charge < -0.3 is 24.8 Å². The van der Waals surface area contributed by atoms with Crippen molar-refractivity contribution in [1.29, 1.82) is 0 Å². The van der Waals surface area contributed by atoms with Crippen LogP contribution in [0.25, 0.3) is 0 Å². The molecule has 2 heterocycles. The van der Waals surface area contributed by atoms with Crippen molar-refractivity contribution in [2.45, 2.75) is 58.2 Å². The van der Waals surface area contributed by atoms with E-state index in [2.05, 4.69) is 48.7 Å². The molecule has 0 aromatic heterocycles. The van der Waals surface area contributed by atoms with E-state index >= 15 is 0 Å². The highest BCUT2D eigenvalue weighted by Gasteiger charge is 2.27. The molecule has 3 unspecified atom stereocenters. The molecule has 2 N–H and O–H groups in total. The lowest BCUT2D eigenvalue weighted by Gasteiger charge is -2.31. The molecular formula is C24H40IN3O3. The molecule has 0 aliphatic carbocycles. The standard InChI is InChI=1S/C24H39N3O3.HI/c1-3-25-24(26-13-6-14-28-18-22-8-5-15-29-22)27-17-21-7-4-16-30-23(21)20-11-9-19(2)10-12-20;/h9-12,21-23H,3-8,13-18H2,1-2H3,(H2,25,26,27);1H. The summed E-state index contributed by atoms with van der Waals surface area (Å²) in [6, 6.07) is 8.73. The van der Waals surface area contributed by atoms with Gasteiger partial charge in [0.05, 0.1) is 18.8 Å². The maximum absolute atomic E-state index is 6.14. The third kappa shape index (κ3) is 9.24. The Morgan fingerprint density at radius 3 is 2.61 bits per heavy atom. The van der Waals surface area contributed by atoms with Gasteiger partial charge in [0.25, 0.3) is 0 Å². The summed E-state index contributed by atoms with van der Waals surface area (Å²) in [4.78, 5) is 4.86. The lowest BCUT2D eigenvalue weighted by Crippen LogP contribution is -2.39. The van der Waals surface area contributed by atoms with Crippen LogP contribution >= 0.6 is 24.0 Å². The number of benzene rings is 1. The Hall–Kier alpha value is -0.900. The molecule has 176 valence electrons. The molecule has 0 saturated carbocycles. The van der Waals surface area contributed by atoms with Crippen LogP contribution in [0.2, 0.25) is 0 Å². The molecule has 2 saturated heterocycles. The Morgan fingerprint density at radius 2 is 1.87 bits per heavy atom. The van der Waals surface area contributed by atoms with E-state index in [1.54, 1.807) is 0 Å². The number of rotatable bonds is 10. The molecular weight excluding hydrogens is 505 g/mol. The second kappa shape index (κ2) is 15.0. The summed E-state index contributed by atoms with van der Waals surface area (Å²) in [5.41, 5.74) is 2.55. The summed E-state index contributed by atoms with van der Waals surface area (Å²) in [6.45, 7) is 9.87. The van der Waals surface area contributed by atoms with E-state index in [0.29, 0.717) is 12.0 Å². The lowest BCUT2D eigenvalue weighted by atomic mass is 9.89. The Labute approximate surface area is 204 Å². The van der Waals surface area contributed by atoms with Gasteiger partial charge in [0, 0.05) is 45.4 Å².